The normalized spacial score (nSPS) is 10.2. The Morgan fingerprint density at radius 1 is 0.862 bits per heavy atom. The van der Waals surface area contributed by atoms with Gasteiger partial charge < -0.3 is 5.32 Å². The molecule has 1 N–H and O–H groups in total. The van der Waals surface area contributed by atoms with Crippen molar-refractivity contribution in [2.75, 3.05) is 5.32 Å². The summed E-state index contributed by atoms with van der Waals surface area (Å²) in [6.45, 7) is 0. The number of hydrogen-bond acceptors (Lipinski definition) is 7. The van der Waals surface area contributed by atoms with Gasteiger partial charge in [0.05, 0.1) is 16.3 Å². The highest BCUT2D eigenvalue weighted by atomic mass is 16.6. The molecule has 29 heavy (non-hydrogen) atoms. The largest absolute Gasteiger partial charge is 0.326 e. The van der Waals surface area contributed by atoms with E-state index in [4.69, 9.17) is 0 Å². The van der Waals surface area contributed by atoms with Gasteiger partial charge in [-0.2, -0.15) is 0 Å². The average molecular weight is 399 g/mol. The first-order valence-corrected chi connectivity index (χ1v) is 8.60. The summed E-state index contributed by atoms with van der Waals surface area (Å²) in [5.74, 6) is -1.21. The van der Waals surface area contributed by atoms with Crippen molar-refractivity contribution >= 4 is 34.5 Å². The minimum atomic E-state index is -0.585. The number of non-ortho nitro benzene ring substituents is 2. The molecule has 0 radical (unpaired) electrons. The number of hydrogen-bond donors (Lipinski definition) is 1. The number of carbonyl (C=O) groups excluding carboxylic acids is 3. The molecule has 10 nitrogen and oxygen atoms in total. The van der Waals surface area contributed by atoms with Gasteiger partial charge >= 0.3 is 0 Å². The SMILES string of the molecule is O=C(CCCC(=O)Nc1cccc([N+](=O)[O-])c1)CC(=O)c1ccc([N+](=O)[O-])cc1. The minimum Gasteiger partial charge on any atom is -0.326 e. The molecule has 0 unspecified atom stereocenters. The molecule has 150 valence electrons. The molecule has 0 atom stereocenters. The molecule has 2 rings (SSSR count). The molecule has 0 saturated carbocycles. The van der Waals surface area contributed by atoms with Crippen LogP contribution in [0.4, 0.5) is 17.1 Å². The standard InChI is InChI=1S/C19H17N3O7/c23-17(12-18(24)13-7-9-15(10-8-13)21(26)27)5-2-6-19(25)20-14-3-1-4-16(11-14)22(28)29/h1,3-4,7-11H,2,5-6,12H2,(H,20,25). The van der Waals surface area contributed by atoms with Gasteiger partial charge in [-0.3, -0.25) is 34.6 Å². The maximum atomic E-state index is 12.0. The van der Waals surface area contributed by atoms with Gasteiger partial charge in [-0.25, -0.2) is 0 Å². The van der Waals surface area contributed by atoms with Crippen LogP contribution in [0.5, 0.6) is 0 Å². The molecule has 0 fully saturated rings. The summed E-state index contributed by atoms with van der Waals surface area (Å²) in [7, 11) is 0. The Morgan fingerprint density at radius 3 is 2.14 bits per heavy atom. The molecule has 0 aliphatic rings. The fourth-order valence-corrected chi connectivity index (χ4v) is 2.51. The number of anilines is 1. The number of rotatable bonds is 10. The van der Waals surface area contributed by atoms with E-state index in [0.717, 1.165) is 0 Å². The third kappa shape index (κ3) is 6.61. The lowest BCUT2D eigenvalue weighted by Gasteiger charge is -2.05. The highest BCUT2D eigenvalue weighted by Crippen LogP contribution is 2.18. The predicted molar refractivity (Wildman–Crippen MR) is 103 cm³/mol. The second-order valence-corrected chi connectivity index (χ2v) is 6.15. The van der Waals surface area contributed by atoms with E-state index >= 15 is 0 Å². The van der Waals surface area contributed by atoms with Crippen LogP contribution in [0, 0.1) is 20.2 Å². The summed E-state index contributed by atoms with van der Waals surface area (Å²) in [6, 6.07) is 10.5. The van der Waals surface area contributed by atoms with Crippen LogP contribution < -0.4 is 5.32 Å². The average Bonchev–Trinajstić information content (AvgIpc) is 2.68. The van der Waals surface area contributed by atoms with Gasteiger partial charge in [0.15, 0.2) is 5.78 Å². The third-order valence-electron chi connectivity index (χ3n) is 3.96. The first-order valence-electron chi connectivity index (χ1n) is 8.60. The van der Waals surface area contributed by atoms with Crippen molar-refractivity contribution in [3.8, 4) is 0 Å². The van der Waals surface area contributed by atoms with Crippen LogP contribution in [-0.4, -0.2) is 27.3 Å². The number of carbonyl (C=O) groups is 3. The number of nitro groups is 2. The number of ketones is 2. The Bertz CT molecular complexity index is 955. The van der Waals surface area contributed by atoms with E-state index in [1.54, 1.807) is 0 Å². The smallest absolute Gasteiger partial charge is 0.271 e. The first-order chi connectivity index (χ1) is 13.8. The fraction of sp³-hybridized carbons (Fsp3) is 0.211. The summed E-state index contributed by atoms with van der Waals surface area (Å²) < 4.78 is 0. The van der Waals surface area contributed by atoms with Crippen molar-refractivity contribution in [1.29, 1.82) is 0 Å². The topological polar surface area (TPSA) is 150 Å². The second-order valence-electron chi connectivity index (χ2n) is 6.15. The van der Waals surface area contributed by atoms with Crippen molar-refractivity contribution in [3.05, 3.63) is 74.3 Å². The van der Waals surface area contributed by atoms with Gasteiger partial charge in [0, 0.05) is 48.4 Å². The van der Waals surface area contributed by atoms with E-state index in [9.17, 15) is 34.6 Å². The molecule has 1 amide bonds. The Labute approximate surface area is 164 Å². The highest BCUT2D eigenvalue weighted by Gasteiger charge is 2.14. The molecule has 0 saturated heterocycles. The van der Waals surface area contributed by atoms with E-state index in [0.29, 0.717) is 0 Å². The lowest BCUT2D eigenvalue weighted by molar-refractivity contribution is -0.385. The molecular formula is C19H17N3O7. The van der Waals surface area contributed by atoms with Crippen LogP contribution in [0.15, 0.2) is 48.5 Å². The van der Waals surface area contributed by atoms with Crippen LogP contribution in [0.1, 0.15) is 36.0 Å². The van der Waals surface area contributed by atoms with E-state index in [1.165, 1.54) is 48.5 Å². The van der Waals surface area contributed by atoms with Crippen molar-refractivity contribution < 1.29 is 24.2 Å². The van der Waals surface area contributed by atoms with Gasteiger partial charge in [0.25, 0.3) is 11.4 Å². The maximum absolute atomic E-state index is 12.0. The molecule has 0 aliphatic carbocycles. The number of nitro benzene ring substituents is 2. The molecule has 10 heteroatoms. The summed E-state index contributed by atoms with van der Waals surface area (Å²) >= 11 is 0. The van der Waals surface area contributed by atoms with E-state index in [1.807, 2.05) is 0 Å². The molecule has 0 heterocycles. The van der Waals surface area contributed by atoms with E-state index in [2.05, 4.69) is 5.32 Å². The second kappa shape index (κ2) is 9.83. The summed E-state index contributed by atoms with van der Waals surface area (Å²) in [6.07, 6.45) is -0.112. The lowest BCUT2D eigenvalue weighted by atomic mass is 10.0. The zero-order valence-corrected chi connectivity index (χ0v) is 15.2. The highest BCUT2D eigenvalue weighted by molar-refractivity contribution is 6.08. The van der Waals surface area contributed by atoms with Crippen LogP contribution >= 0.6 is 0 Å². The van der Waals surface area contributed by atoms with Crippen molar-refractivity contribution in [2.24, 2.45) is 0 Å². The van der Waals surface area contributed by atoms with Crippen LogP contribution in [0.3, 0.4) is 0 Å². The Hall–Kier alpha value is -3.95. The first kappa shape index (κ1) is 21.4. The van der Waals surface area contributed by atoms with Crippen LogP contribution in [0.2, 0.25) is 0 Å². The van der Waals surface area contributed by atoms with Gasteiger partial charge in [-0.15, -0.1) is 0 Å². The fourth-order valence-electron chi connectivity index (χ4n) is 2.51. The van der Waals surface area contributed by atoms with Crippen LogP contribution in [0.25, 0.3) is 0 Å². The van der Waals surface area contributed by atoms with Gasteiger partial charge in [-0.05, 0) is 24.6 Å². The van der Waals surface area contributed by atoms with Crippen LogP contribution in [-0.2, 0) is 9.59 Å². The Morgan fingerprint density at radius 2 is 1.52 bits per heavy atom. The third-order valence-corrected chi connectivity index (χ3v) is 3.96. The molecule has 2 aromatic carbocycles. The monoisotopic (exact) mass is 399 g/mol. The quantitative estimate of drug-likeness (QED) is 0.278. The maximum Gasteiger partial charge on any atom is 0.271 e. The van der Waals surface area contributed by atoms with E-state index < -0.39 is 21.5 Å². The molecule has 0 aliphatic heterocycles. The summed E-state index contributed by atoms with van der Waals surface area (Å²) in [5.41, 5.74) is 0.182. The lowest BCUT2D eigenvalue weighted by Crippen LogP contribution is -2.13. The number of Topliss-reactive ketones (excluding diaryl/α,β-unsaturated/α-hetero) is 2. The molecular weight excluding hydrogens is 382 g/mol. The number of amides is 1. The minimum absolute atomic E-state index is 0.0140. The van der Waals surface area contributed by atoms with Crippen molar-refractivity contribution in [2.45, 2.75) is 25.7 Å². The van der Waals surface area contributed by atoms with Crippen molar-refractivity contribution in [3.63, 3.8) is 0 Å². The van der Waals surface area contributed by atoms with Gasteiger partial charge in [0.1, 0.15) is 5.78 Å². The molecule has 0 aromatic heterocycles. The molecule has 2 aromatic rings. The van der Waals surface area contributed by atoms with Gasteiger partial charge in [0.2, 0.25) is 5.91 Å². The zero-order valence-electron chi connectivity index (χ0n) is 15.2. The number of benzene rings is 2. The Balaban J connectivity index is 1.76. The van der Waals surface area contributed by atoms with Crippen molar-refractivity contribution in [1.82, 2.24) is 0 Å². The number of nitrogens with one attached hydrogen (secondary N) is 1. The van der Waals surface area contributed by atoms with E-state index in [-0.39, 0.29) is 54.1 Å². The predicted octanol–water partition coefficient (Wildman–Crippen LogP) is 3.45. The summed E-state index contributed by atoms with van der Waals surface area (Å²) in [4.78, 5) is 56.0. The molecule has 0 spiro atoms. The number of nitrogens with zero attached hydrogens (tertiary/aromatic N) is 2. The zero-order chi connectivity index (χ0) is 21.4. The van der Waals surface area contributed by atoms with Gasteiger partial charge in [-0.1, -0.05) is 6.07 Å². The molecule has 0 bridgehead atoms. The Kier molecular flexibility index (Phi) is 7.24. The summed E-state index contributed by atoms with van der Waals surface area (Å²) in [5, 5.41) is 23.8.